The molecule has 1 aliphatic rings. The number of aryl methyl sites for hydroxylation is 1. The lowest BCUT2D eigenvalue weighted by molar-refractivity contribution is -0.120. The Labute approximate surface area is 98.4 Å². The Morgan fingerprint density at radius 3 is 3.00 bits per heavy atom. The van der Waals surface area contributed by atoms with Crippen molar-refractivity contribution in [3.8, 4) is 0 Å². The third-order valence-electron chi connectivity index (χ3n) is 3.05. The number of aromatic nitrogens is 2. The molecule has 2 rings (SSSR count). The Morgan fingerprint density at radius 2 is 2.38 bits per heavy atom. The summed E-state index contributed by atoms with van der Waals surface area (Å²) in [6.07, 6.45) is 3.09. The van der Waals surface area contributed by atoms with Gasteiger partial charge in [0.1, 0.15) is 5.01 Å². The molecule has 1 aromatic heterocycles. The second kappa shape index (κ2) is 4.88. The van der Waals surface area contributed by atoms with Crippen molar-refractivity contribution in [2.45, 2.75) is 26.2 Å². The molecule has 0 radical (unpaired) electrons. The zero-order valence-corrected chi connectivity index (χ0v) is 10.1. The zero-order chi connectivity index (χ0) is 11.5. The molecule has 0 aliphatic heterocycles. The summed E-state index contributed by atoms with van der Waals surface area (Å²) in [6.45, 7) is 2.46. The van der Waals surface area contributed by atoms with Gasteiger partial charge in [-0.3, -0.25) is 4.79 Å². The van der Waals surface area contributed by atoms with E-state index >= 15 is 0 Å². The van der Waals surface area contributed by atoms with Crippen molar-refractivity contribution in [2.75, 3.05) is 11.9 Å². The molecule has 1 fully saturated rings. The highest BCUT2D eigenvalue weighted by molar-refractivity contribution is 7.15. The van der Waals surface area contributed by atoms with E-state index in [1.54, 1.807) is 0 Å². The minimum Gasteiger partial charge on any atom is -0.330 e. The second-order valence-corrected chi connectivity index (χ2v) is 5.33. The Morgan fingerprint density at radius 1 is 1.56 bits per heavy atom. The largest absolute Gasteiger partial charge is 0.330 e. The third-order valence-corrected chi connectivity index (χ3v) is 3.81. The number of nitrogens with one attached hydrogen (secondary N) is 1. The van der Waals surface area contributed by atoms with Gasteiger partial charge >= 0.3 is 0 Å². The van der Waals surface area contributed by atoms with E-state index in [0.717, 1.165) is 24.3 Å². The predicted molar refractivity (Wildman–Crippen MR) is 63.2 cm³/mol. The molecule has 16 heavy (non-hydrogen) atoms. The Hall–Kier alpha value is -1.01. The topological polar surface area (TPSA) is 80.9 Å². The molecule has 2 unspecified atom stereocenters. The molecule has 0 aromatic carbocycles. The van der Waals surface area contributed by atoms with Crippen LogP contribution in [0.15, 0.2) is 0 Å². The van der Waals surface area contributed by atoms with E-state index in [1.807, 2.05) is 6.92 Å². The molecule has 1 aliphatic carbocycles. The summed E-state index contributed by atoms with van der Waals surface area (Å²) in [4.78, 5) is 12.0. The number of carbonyl (C=O) groups excluding carboxylic acids is 1. The standard InChI is InChI=1S/C10H16N4OS/c1-6-13-14-10(16-6)12-9(15)8-4-2-3-7(8)5-11/h7-8H,2-5,11H2,1H3,(H,12,14,15). The SMILES string of the molecule is Cc1nnc(NC(=O)C2CCCC2CN)s1. The predicted octanol–water partition coefficient (Wildman–Crippen LogP) is 1.16. The summed E-state index contributed by atoms with van der Waals surface area (Å²) in [6, 6.07) is 0. The average Bonchev–Trinajstić information content (AvgIpc) is 2.86. The van der Waals surface area contributed by atoms with Crippen LogP contribution in [0.5, 0.6) is 0 Å². The van der Waals surface area contributed by atoms with Gasteiger partial charge in [0.15, 0.2) is 0 Å². The molecule has 0 bridgehead atoms. The van der Waals surface area contributed by atoms with Crippen LogP contribution in [0.2, 0.25) is 0 Å². The van der Waals surface area contributed by atoms with Crippen molar-refractivity contribution in [1.29, 1.82) is 0 Å². The fourth-order valence-electron chi connectivity index (χ4n) is 2.21. The van der Waals surface area contributed by atoms with Crippen molar-refractivity contribution in [3.63, 3.8) is 0 Å². The molecular formula is C10H16N4OS. The van der Waals surface area contributed by atoms with E-state index in [9.17, 15) is 4.79 Å². The van der Waals surface area contributed by atoms with Crippen LogP contribution in [0.3, 0.4) is 0 Å². The Kier molecular flexibility index (Phi) is 3.50. The highest BCUT2D eigenvalue weighted by Crippen LogP contribution is 2.32. The number of carbonyl (C=O) groups is 1. The highest BCUT2D eigenvalue weighted by Gasteiger charge is 2.32. The minimum atomic E-state index is 0.0455. The van der Waals surface area contributed by atoms with E-state index in [2.05, 4.69) is 15.5 Å². The van der Waals surface area contributed by atoms with Crippen LogP contribution in [-0.4, -0.2) is 22.6 Å². The number of amides is 1. The first-order valence-electron chi connectivity index (χ1n) is 5.51. The van der Waals surface area contributed by atoms with Crippen LogP contribution >= 0.6 is 11.3 Å². The lowest BCUT2D eigenvalue weighted by Crippen LogP contribution is -2.29. The van der Waals surface area contributed by atoms with E-state index in [1.165, 1.54) is 11.3 Å². The van der Waals surface area contributed by atoms with Crippen LogP contribution in [-0.2, 0) is 4.79 Å². The molecule has 5 nitrogen and oxygen atoms in total. The number of rotatable bonds is 3. The monoisotopic (exact) mass is 240 g/mol. The maximum absolute atomic E-state index is 12.0. The number of nitrogens with two attached hydrogens (primary N) is 1. The first-order chi connectivity index (χ1) is 7.70. The van der Waals surface area contributed by atoms with Gasteiger partial charge in [0.05, 0.1) is 0 Å². The van der Waals surface area contributed by atoms with Gasteiger partial charge in [-0.15, -0.1) is 10.2 Å². The number of hydrogen-bond donors (Lipinski definition) is 2. The van der Waals surface area contributed by atoms with E-state index in [0.29, 0.717) is 17.6 Å². The van der Waals surface area contributed by atoms with Gasteiger partial charge in [0, 0.05) is 5.92 Å². The van der Waals surface area contributed by atoms with Crippen molar-refractivity contribution in [1.82, 2.24) is 10.2 Å². The van der Waals surface area contributed by atoms with Gasteiger partial charge in [0.25, 0.3) is 0 Å². The molecule has 3 N–H and O–H groups in total. The number of hydrogen-bond acceptors (Lipinski definition) is 5. The fraction of sp³-hybridized carbons (Fsp3) is 0.700. The van der Waals surface area contributed by atoms with Crippen LogP contribution in [0.25, 0.3) is 0 Å². The Bertz CT molecular complexity index is 379. The lowest BCUT2D eigenvalue weighted by Gasteiger charge is -2.15. The highest BCUT2D eigenvalue weighted by atomic mass is 32.1. The molecule has 2 atom stereocenters. The molecule has 1 saturated carbocycles. The molecule has 0 spiro atoms. The maximum Gasteiger partial charge on any atom is 0.229 e. The molecule has 0 saturated heterocycles. The second-order valence-electron chi connectivity index (χ2n) is 4.15. The van der Waals surface area contributed by atoms with Crippen LogP contribution in [0.1, 0.15) is 24.3 Å². The summed E-state index contributed by atoms with van der Waals surface area (Å²) in [5, 5.41) is 12.0. The Balaban J connectivity index is 1.97. The molecule has 6 heteroatoms. The van der Waals surface area contributed by atoms with Gasteiger partial charge in [-0.2, -0.15) is 0 Å². The van der Waals surface area contributed by atoms with Gasteiger partial charge < -0.3 is 11.1 Å². The number of anilines is 1. The molecule has 1 amide bonds. The molecular weight excluding hydrogens is 224 g/mol. The smallest absolute Gasteiger partial charge is 0.229 e. The summed E-state index contributed by atoms with van der Waals surface area (Å²) in [5.41, 5.74) is 5.65. The van der Waals surface area contributed by atoms with Crippen molar-refractivity contribution >= 4 is 22.4 Å². The minimum absolute atomic E-state index is 0.0455. The summed E-state index contributed by atoms with van der Waals surface area (Å²) in [7, 11) is 0. The van der Waals surface area contributed by atoms with Gasteiger partial charge in [-0.05, 0) is 32.2 Å². The van der Waals surface area contributed by atoms with Crippen molar-refractivity contribution in [3.05, 3.63) is 5.01 Å². The van der Waals surface area contributed by atoms with E-state index < -0.39 is 0 Å². The fourth-order valence-corrected chi connectivity index (χ4v) is 2.80. The quantitative estimate of drug-likeness (QED) is 0.830. The van der Waals surface area contributed by atoms with E-state index in [-0.39, 0.29) is 11.8 Å². The normalized spacial score (nSPS) is 24.6. The van der Waals surface area contributed by atoms with Crippen LogP contribution in [0.4, 0.5) is 5.13 Å². The van der Waals surface area contributed by atoms with Gasteiger partial charge in [-0.25, -0.2) is 0 Å². The summed E-state index contributed by atoms with van der Waals surface area (Å²) in [5.74, 6) is 0.423. The average molecular weight is 240 g/mol. The van der Waals surface area contributed by atoms with Crippen LogP contribution < -0.4 is 11.1 Å². The summed E-state index contributed by atoms with van der Waals surface area (Å²) < 4.78 is 0. The first-order valence-corrected chi connectivity index (χ1v) is 6.33. The maximum atomic E-state index is 12.0. The lowest BCUT2D eigenvalue weighted by atomic mass is 9.95. The van der Waals surface area contributed by atoms with E-state index in [4.69, 9.17) is 5.73 Å². The first kappa shape index (κ1) is 11.5. The van der Waals surface area contributed by atoms with Crippen molar-refractivity contribution in [2.24, 2.45) is 17.6 Å². The van der Waals surface area contributed by atoms with Gasteiger partial charge in [-0.1, -0.05) is 17.8 Å². The summed E-state index contributed by atoms with van der Waals surface area (Å²) >= 11 is 1.40. The molecule has 88 valence electrons. The van der Waals surface area contributed by atoms with Crippen molar-refractivity contribution < 1.29 is 4.79 Å². The zero-order valence-electron chi connectivity index (χ0n) is 9.27. The van der Waals surface area contributed by atoms with Crippen LogP contribution in [0, 0.1) is 18.8 Å². The van der Waals surface area contributed by atoms with Gasteiger partial charge in [0.2, 0.25) is 11.0 Å². The third kappa shape index (κ3) is 2.38. The molecule has 1 aromatic rings. The number of nitrogens with zero attached hydrogens (tertiary/aromatic N) is 2. The molecule has 1 heterocycles.